The fourth-order valence-corrected chi connectivity index (χ4v) is 3.77. The average molecular weight is 392 g/mol. The van der Waals surface area contributed by atoms with E-state index >= 15 is 0 Å². The second-order valence-corrected chi connectivity index (χ2v) is 6.98. The van der Waals surface area contributed by atoms with Crippen molar-refractivity contribution in [3.63, 3.8) is 0 Å². The summed E-state index contributed by atoms with van der Waals surface area (Å²) in [6.45, 7) is 1.64. The Balaban J connectivity index is 1.51. The molecule has 0 radical (unpaired) electrons. The molecule has 4 rings (SSSR count). The summed E-state index contributed by atoms with van der Waals surface area (Å²) >= 11 is 1.63. The molecule has 3 aromatic heterocycles. The topological polar surface area (TPSA) is 69.2 Å². The molecule has 7 heteroatoms. The zero-order valence-electron chi connectivity index (χ0n) is 15.5. The molecule has 0 unspecified atom stereocenters. The molecule has 3 heterocycles. The van der Waals surface area contributed by atoms with E-state index in [4.69, 9.17) is 9.47 Å². The summed E-state index contributed by atoms with van der Waals surface area (Å²) in [5.74, 6) is 1.42. The van der Waals surface area contributed by atoms with Gasteiger partial charge in [0.15, 0.2) is 0 Å². The van der Waals surface area contributed by atoms with Crippen LogP contribution in [0.5, 0.6) is 5.88 Å². The van der Waals surface area contributed by atoms with Crippen LogP contribution in [-0.2, 0) is 11.3 Å². The van der Waals surface area contributed by atoms with Gasteiger partial charge in [0.1, 0.15) is 23.6 Å². The Hall–Kier alpha value is -3.03. The maximum Gasteiger partial charge on any atom is 0.213 e. The predicted molar refractivity (Wildman–Crippen MR) is 112 cm³/mol. The van der Waals surface area contributed by atoms with Gasteiger partial charge in [-0.3, -0.25) is 0 Å². The van der Waals surface area contributed by atoms with Crippen molar-refractivity contribution >= 4 is 27.4 Å². The molecule has 0 saturated heterocycles. The Labute approximate surface area is 167 Å². The van der Waals surface area contributed by atoms with Crippen LogP contribution in [-0.4, -0.2) is 35.3 Å². The lowest BCUT2D eigenvalue weighted by molar-refractivity contribution is 0.143. The fraction of sp³-hybridized carbons (Fsp3) is 0.190. The van der Waals surface area contributed by atoms with Crippen LogP contribution in [0, 0.1) is 0 Å². The van der Waals surface area contributed by atoms with Gasteiger partial charge in [-0.2, -0.15) is 0 Å². The third kappa shape index (κ3) is 4.11. The minimum atomic E-state index is 0.487. The van der Waals surface area contributed by atoms with Crippen molar-refractivity contribution < 1.29 is 9.47 Å². The molecule has 1 N–H and O–H groups in total. The van der Waals surface area contributed by atoms with Crippen LogP contribution >= 0.6 is 11.3 Å². The second kappa shape index (κ2) is 8.77. The molecule has 0 aliphatic carbocycles. The number of hydrogen-bond acceptors (Lipinski definition) is 7. The van der Waals surface area contributed by atoms with Crippen molar-refractivity contribution in [2.45, 2.75) is 6.54 Å². The first-order valence-electron chi connectivity index (χ1n) is 8.93. The summed E-state index contributed by atoms with van der Waals surface area (Å²) in [4.78, 5) is 14.2. The molecule has 1 aromatic carbocycles. The summed E-state index contributed by atoms with van der Waals surface area (Å²) in [5.41, 5.74) is 3.34. The second-order valence-electron chi connectivity index (χ2n) is 6.12. The molecule has 0 atom stereocenters. The molecular weight excluding hydrogens is 372 g/mol. The maximum atomic E-state index is 5.50. The quantitative estimate of drug-likeness (QED) is 0.449. The minimum Gasteiger partial charge on any atom is -0.475 e. The number of ether oxygens (including phenoxy) is 2. The van der Waals surface area contributed by atoms with Gasteiger partial charge < -0.3 is 14.8 Å². The van der Waals surface area contributed by atoms with Gasteiger partial charge in [-0.25, -0.2) is 15.0 Å². The number of nitrogens with zero attached hydrogens (tertiary/aromatic N) is 3. The molecule has 0 spiro atoms. The monoisotopic (exact) mass is 392 g/mol. The Morgan fingerprint density at radius 2 is 1.89 bits per heavy atom. The van der Waals surface area contributed by atoms with E-state index in [2.05, 4.69) is 37.8 Å². The van der Waals surface area contributed by atoms with Crippen LogP contribution in [0.25, 0.3) is 21.3 Å². The third-order valence-electron chi connectivity index (χ3n) is 4.25. The molecule has 0 amide bonds. The number of nitrogens with one attached hydrogen (secondary N) is 1. The molecule has 142 valence electrons. The summed E-state index contributed by atoms with van der Waals surface area (Å²) in [6.07, 6.45) is 3.40. The van der Waals surface area contributed by atoms with E-state index in [9.17, 15) is 0 Å². The van der Waals surface area contributed by atoms with Crippen LogP contribution < -0.4 is 10.1 Å². The van der Waals surface area contributed by atoms with Crippen molar-refractivity contribution in [1.29, 1.82) is 0 Å². The number of anilines is 1. The van der Waals surface area contributed by atoms with Gasteiger partial charge in [-0.05, 0) is 11.1 Å². The van der Waals surface area contributed by atoms with Crippen molar-refractivity contribution in [1.82, 2.24) is 15.0 Å². The zero-order chi connectivity index (χ0) is 19.2. The highest BCUT2D eigenvalue weighted by Crippen LogP contribution is 2.36. The minimum absolute atomic E-state index is 0.487. The number of pyridine rings is 1. The molecule has 0 bridgehead atoms. The van der Waals surface area contributed by atoms with E-state index in [0.717, 1.165) is 32.7 Å². The number of hydrogen-bond donors (Lipinski definition) is 1. The van der Waals surface area contributed by atoms with Crippen LogP contribution in [0.1, 0.15) is 5.56 Å². The number of rotatable bonds is 8. The maximum absolute atomic E-state index is 5.50. The SMILES string of the molecule is COCCOc1ccc(CNc2ncnc3scc(-c4ccccc4)c23)cn1. The summed E-state index contributed by atoms with van der Waals surface area (Å²) in [7, 11) is 1.65. The van der Waals surface area contributed by atoms with E-state index in [-0.39, 0.29) is 0 Å². The molecule has 28 heavy (non-hydrogen) atoms. The Kier molecular flexibility index (Phi) is 5.75. The molecule has 0 aliphatic heterocycles. The molecule has 0 saturated carbocycles. The first kappa shape index (κ1) is 18.3. The summed E-state index contributed by atoms with van der Waals surface area (Å²) < 4.78 is 10.5. The lowest BCUT2D eigenvalue weighted by Crippen LogP contribution is -2.06. The molecular formula is C21H20N4O2S. The molecule has 0 fully saturated rings. The number of methoxy groups -OCH3 is 1. The van der Waals surface area contributed by atoms with Crippen molar-refractivity contribution in [2.24, 2.45) is 0 Å². The predicted octanol–water partition coefficient (Wildman–Crippen LogP) is 4.39. The van der Waals surface area contributed by atoms with Crippen LogP contribution in [0.2, 0.25) is 0 Å². The van der Waals surface area contributed by atoms with E-state index in [1.807, 2.05) is 30.3 Å². The first-order valence-corrected chi connectivity index (χ1v) is 9.81. The van der Waals surface area contributed by atoms with Gasteiger partial charge in [0.25, 0.3) is 0 Å². The number of thiophene rings is 1. The highest BCUT2D eigenvalue weighted by molar-refractivity contribution is 7.17. The molecule has 0 aliphatic rings. The van der Waals surface area contributed by atoms with Gasteiger partial charge >= 0.3 is 0 Å². The zero-order valence-corrected chi connectivity index (χ0v) is 16.3. The Morgan fingerprint density at radius 1 is 1.00 bits per heavy atom. The third-order valence-corrected chi connectivity index (χ3v) is 5.14. The highest BCUT2D eigenvalue weighted by Gasteiger charge is 2.12. The van der Waals surface area contributed by atoms with E-state index < -0.39 is 0 Å². The van der Waals surface area contributed by atoms with Crippen molar-refractivity contribution in [2.75, 3.05) is 25.6 Å². The fourth-order valence-electron chi connectivity index (χ4n) is 2.86. The van der Waals surface area contributed by atoms with E-state index in [1.54, 1.807) is 31.0 Å². The van der Waals surface area contributed by atoms with Crippen molar-refractivity contribution in [3.05, 3.63) is 65.9 Å². The smallest absolute Gasteiger partial charge is 0.213 e. The summed E-state index contributed by atoms with van der Waals surface area (Å²) in [5, 5.41) is 6.61. The number of benzene rings is 1. The number of fused-ring (bicyclic) bond motifs is 1. The highest BCUT2D eigenvalue weighted by atomic mass is 32.1. The van der Waals surface area contributed by atoms with Gasteiger partial charge in [0, 0.05) is 36.9 Å². The van der Waals surface area contributed by atoms with Crippen LogP contribution in [0.3, 0.4) is 0 Å². The Bertz CT molecular complexity index is 1040. The summed E-state index contributed by atoms with van der Waals surface area (Å²) in [6, 6.07) is 14.2. The van der Waals surface area contributed by atoms with Crippen molar-refractivity contribution in [3.8, 4) is 17.0 Å². The van der Waals surface area contributed by atoms with Gasteiger partial charge in [0.2, 0.25) is 5.88 Å². The van der Waals surface area contributed by atoms with E-state index in [0.29, 0.717) is 25.6 Å². The van der Waals surface area contributed by atoms with Gasteiger partial charge in [-0.15, -0.1) is 11.3 Å². The molecule has 4 aromatic rings. The normalized spacial score (nSPS) is 10.9. The lowest BCUT2D eigenvalue weighted by atomic mass is 10.1. The molecule has 6 nitrogen and oxygen atoms in total. The lowest BCUT2D eigenvalue weighted by Gasteiger charge is -2.09. The standard InChI is InChI=1S/C21H20N4O2S/c1-26-9-10-27-18-8-7-15(11-22-18)12-23-20-19-17(16-5-3-2-4-6-16)13-28-21(19)25-14-24-20/h2-8,11,13-14H,9-10,12H2,1H3,(H,23,24,25). The largest absolute Gasteiger partial charge is 0.475 e. The first-order chi connectivity index (χ1) is 13.8. The van der Waals surface area contributed by atoms with Gasteiger partial charge in [-0.1, -0.05) is 36.4 Å². The van der Waals surface area contributed by atoms with Crippen LogP contribution in [0.4, 0.5) is 5.82 Å². The average Bonchev–Trinajstić information content (AvgIpc) is 3.19. The van der Waals surface area contributed by atoms with Gasteiger partial charge in [0.05, 0.1) is 12.0 Å². The van der Waals surface area contributed by atoms with Crippen LogP contribution in [0.15, 0.2) is 60.4 Å². The number of aromatic nitrogens is 3. The van der Waals surface area contributed by atoms with E-state index in [1.165, 1.54) is 0 Å². The Morgan fingerprint density at radius 3 is 2.68 bits per heavy atom.